The third-order valence-corrected chi connectivity index (χ3v) is 8.08. The number of amidine groups is 1. The Balaban J connectivity index is 1.73. The number of nitrogens with zero attached hydrogens (tertiary/aromatic N) is 4. The molecule has 5 N–H and O–H groups in total. The van der Waals surface area contributed by atoms with E-state index in [2.05, 4.69) is 55.9 Å². The number of methoxy groups -OCH3 is 2. The Labute approximate surface area is 282 Å². The van der Waals surface area contributed by atoms with Crippen molar-refractivity contribution in [2.45, 2.75) is 77.5 Å². The summed E-state index contributed by atoms with van der Waals surface area (Å²) in [5, 5.41) is 5.25. The Bertz CT molecular complexity index is 1540. The zero-order chi connectivity index (χ0) is 35.4. The van der Waals surface area contributed by atoms with Crippen LogP contribution in [0, 0.1) is 35.5 Å². The maximum Gasteiger partial charge on any atom is 0.407 e. The van der Waals surface area contributed by atoms with Crippen LogP contribution in [0.15, 0.2) is 35.6 Å². The molecule has 1 aromatic heterocycles. The summed E-state index contributed by atoms with van der Waals surface area (Å²) in [5.74, 6) is 11.4. The number of aliphatic imine (C=N–C) groups is 1. The largest absolute Gasteiger partial charge is 0.453 e. The number of carbonyl (C=O) groups excluding carboxylic acids is 4. The van der Waals surface area contributed by atoms with E-state index in [1.54, 1.807) is 22.1 Å². The Morgan fingerprint density at radius 1 is 1.00 bits per heavy atom. The number of amides is 4. The van der Waals surface area contributed by atoms with Gasteiger partial charge in [-0.1, -0.05) is 40.3 Å². The quantitative estimate of drug-likeness (QED) is 0.128. The van der Waals surface area contributed by atoms with Crippen LogP contribution in [0.4, 0.5) is 9.59 Å². The van der Waals surface area contributed by atoms with Crippen molar-refractivity contribution in [3.63, 3.8) is 0 Å². The van der Waals surface area contributed by atoms with Crippen molar-refractivity contribution in [1.82, 2.24) is 30.4 Å². The van der Waals surface area contributed by atoms with Crippen LogP contribution in [0.25, 0.3) is 0 Å². The lowest BCUT2D eigenvalue weighted by Crippen LogP contribution is -2.54. The number of alkyl carbamates (subject to hydrolysis) is 2. The second kappa shape index (κ2) is 17.6. The normalized spacial score (nSPS) is 19.1. The molecule has 3 heterocycles. The molecule has 48 heavy (non-hydrogen) atoms. The van der Waals surface area contributed by atoms with Crippen LogP contribution in [0.3, 0.4) is 0 Å². The lowest BCUT2D eigenvalue weighted by Gasteiger charge is -2.30. The van der Waals surface area contributed by atoms with Gasteiger partial charge in [0.2, 0.25) is 11.8 Å². The smallest absolute Gasteiger partial charge is 0.407 e. The van der Waals surface area contributed by atoms with E-state index < -0.39 is 30.3 Å². The maximum atomic E-state index is 13.4. The number of aromatic amines is 1. The predicted octanol–water partition coefficient (Wildman–Crippen LogP) is 2.61. The SMILES string of the molecule is C=C/C=C(/C#CC#Cc1cnc([C@@H]2CCCN2C(=O)[C@@H](NC(=O)OC)C(C)C)[nH]1)N=C(N)[C@@H]1CCCN1C(=O)[C@H](NC(=O)OC)C(C)C. The minimum Gasteiger partial charge on any atom is -0.453 e. The third-order valence-electron chi connectivity index (χ3n) is 8.08. The van der Waals surface area contributed by atoms with Crippen LogP contribution < -0.4 is 16.4 Å². The van der Waals surface area contributed by atoms with E-state index in [9.17, 15) is 19.2 Å². The van der Waals surface area contributed by atoms with Gasteiger partial charge >= 0.3 is 12.2 Å². The molecule has 0 radical (unpaired) electrons. The first-order valence-corrected chi connectivity index (χ1v) is 15.9. The number of allylic oxidation sites excluding steroid dienone is 3. The highest BCUT2D eigenvalue weighted by Gasteiger charge is 2.38. The summed E-state index contributed by atoms with van der Waals surface area (Å²) in [6.45, 7) is 12.1. The van der Waals surface area contributed by atoms with Crippen LogP contribution in [0.5, 0.6) is 0 Å². The Kier molecular flexibility index (Phi) is 13.7. The Morgan fingerprint density at radius 3 is 2.17 bits per heavy atom. The van der Waals surface area contributed by atoms with Gasteiger partial charge in [0.15, 0.2) is 0 Å². The molecule has 14 heteroatoms. The highest BCUT2D eigenvalue weighted by atomic mass is 16.5. The molecule has 2 aliphatic heterocycles. The molecule has 2 fully saturated rings. The van der Waals surface area contributed by atoms with Gasteiger partial charge in [0.25, 0.3) is 0 Å². The molecule has 0 saturated carbocycles. The summed E-state index contributed by atoms with van der Waals surface area (Å²) in [4.78, 5) is 65.9. The maximum absolute atomic E-state index is 13.4. The fourth-order valence-corrected chi connectivity index (χ4v) is 5.60. The molecule has 0 spiro atoms. The van der Waals surface area contributed by atoms with Gasteiger partial charge in [-0.05, 0) is 67.3 Å². The summed E-state index contributed by atoms with van der Waals surface area (Å²) < 4.78 is 9.39. The average molecular weight is 663 g/mol. The molecular formula is C34H46N8O6. The number of aromatic nitrogens is 2. The minimum absolute atomic E-state index is 0.138. The standard InChI is InChI=1S/C34H46N8O6/c1-8-13-23(37-29(35)25-16-11-18-41(25)31(43)27(21(2)3)39-33(45)47-6)14-9-10-15-24-20-36-30(38-24)26-17-12-19-42(26)32(44)28(22(4)5)40-34(46)48-7/h8,13,20-22,25-28H,1,11-12,16-19H2,2-7H3,(H2,35,37)(H,36,38)(H,39,45)(H,40,46)/b23-13-/t25-,26-,27+,28-/m0/s1. The van der Waals surface area contributed by atoms with Gasteiger partial charge in [-0.3, -0.25) is 9.59 Å². The number of H-pyrrole nitrogens is 1. The van der Waals surface area contributed by atoms with Crippen molar-refractivity contribution in [3.05, 3.63) is 42.1 Å². The van der Waals surface area contributed by atoms with Crippen molar-refractivity contribution >= 4 is 29.8 Å². The number of ether oxygens (including phenoxy) is 2. The van der Waals surface area contributed by atoms with Crippen molar-refractivity contribution in [2.75, 3.05) is 27.3 Å². The molecule has 4 atom stereocenters. The number of imidazole rings is 1. The van der Waals surface area contributed by atoms with E-state index in [1.165, 1.54) is 20.3 Å². The van der Waals surface area contributed by atoms with E-state index in [1.807, 2.05) is 27.7 Å². The first-order chi connectivity index (χ1) is 22.9. The Morgan fingerprint density at radius 2 is 1.58 bits per heavy atom. The number of carbonyl (C=O) groups is 4. The van der Waals surface area contributed by atoms with Gasteiger partial charge in [0.05, 0.1) is 32.5 Å². The summed E-state index contributed by atoms with van der Waals surface area (Å²) >= 11 is 0. The van der Waals surface area contributed by atoms with Crippen LogP contribution in [0.2, 0.25) is 0 Å². The van der Waals surface area contributed by atoms with Gasteiger partial charge in [0.1, 0.15) is 35.1 Å². The number of likely N-dealkylation sites (tertiary alicyclic amines) is 2. The fourth-order valence-electron chi connectivity index (χ4n) is 5.60. The van der Waals surface area contributed by atoms with Gasteiger partial charge in [0, 0.05) is 13.1 Å². The van der Waals surface area contributed by atoms with Crippen LogP contribution in [-0.2, 0) is 19.1 Å². The molecule has 4 amide bonds. The van der Waals surface area contributed by atoms with Gasteiger partial charge in [-0.2, -0.15) is 0 Å². The summed E-state index contributed by atoms with van der Waals surface area (Å²) in [5.41, 5.74) is 7.23. The van der Waals surface area contributed by atoms with E-state index in [4.69, 9.17) is 15.2 Å². The number of nitrogens with two attached hydrogens (primary N) is 1. The van der Waals surface area contributed by atoms with Gasteiger partial charge < -0.3 is 40.6 Å². The van der Waals surface area contributed by atoms with E-state index in [-0.39, 0.29) is 35.5 Å². The minimum atomic E-state index is -0.773. The summed E-state index contributed by atoms with van der Waals surface area (Å²) in [6.07, 6.45) is 6.23. The highest BCUT2D eigenvalue weighted by molar-refractivity contribution is 5.94. The van der Waals surface area contributed by atoms with Crippen molar-refractivity contribution in [1.29, 1.82) is 0 Å². The topological polar surface area (TPSA) is 184 Å². The van der Waals surface area contributed by atoms with Crippen molar-refractivity contribution < 1.29 is 28.7 Å². The fraction of sp³-hybridized carbons (Fsp3) is 0.529. The number of hydrogen-bond donors (Lipinski definition) is 4. The predicted molar refractivity (Wildman–Crippen MR) is 180 cm³/mol. The van der Waals surface area contributed by atoms with Crippen molar-refractivity contribution in [3.8, 4) is 23.7 Å². The molecule has 0 bridgehead atoms. The molecule has 0 unspecified atom stereocenters. The van der Waals surface area contributed by atoms with E-state index >= 15 is 0 Å². The molecule has 258 valence electrons. The summed E-state index contributed by atoms with van der Waals surface area (Å²) in [7, 11) is 2.51. The zero-order valence-corrected chi connectivity index (χ0v) is 28.5. The molecule has 3 rings (SSSR count). The zero-order valence-electron chi connectivity index (χ0n) is 28.5. The molecule has 1 aromatic rings. The average Bonchev–Trinajstić information content (AvgIpc) is 3.84. The van der Waals surface area contributed by atoms with Crippen LogP contribution in [-0.4, -0.2) is 95.0 Å². The number of rotatable bonds is 10. The highest BCUT2D eigenvalue weighted by Crippen LogP contribution is 2.31. The first kappa shape index (κ1) is 37.2. The molecule has 0 aliphatic carbocycles. The molecule has 2 aliphatic rings. The third kappa shape index (κ3) is 9.64. The number of nitrogens with one attached hydrogen (secondary N) is 3. The summed E-state index contributed by atoms with van der Waals surface area (Å²) in [6, 6.07) is -2.25. The lowest BCUT2D eigenvalue weighted by atomic mass is 10.0. The Hall–Kier alpha value is -5.24. The van der Waals surface area contributed by atoms with Crippen LogP contribution >= 0.6 is 0 Å². The van der Waals surface area contributed by atoms with E-state index in [0.29, 0.717) is 43.1 Å². The number of hydrogen-bond acceptors (Lipinski definition) is 8. The van der Waals surface area contributed by atoms with Crippen molar-refractivity contribution in [2.24, 2.45) is 22.6 Å². The van der Waals surface area contributed by atoms with E-state index in [0.717, 1.165) is 12.8 Å². The second-order valence-corrected chi connectivity index (χ2v) is 12.1. The van der Waals surface area contributed by atoms with Gasteiger partial charge in [-0.25, -0.2) is 19.6 Å². The lowest BCUT2D eigenvalue weighted by molar-refractivity contribution is -0.135. The monoisotopic (exact) mass is 662 g/mol. The second-order valence-electron chi connectivity index (χ2n) is 12.1. The molecule has 14 nitrogen and oxygen atoms in total. The van der Waals surface area contributed by atoms with Crippen LogP contribution in [0.1, 0.15) is 70.9 Å². The molecular weight excluding hydrogens is 616 g/mol. The molecule has 2 saturated heterocycles. The molecule has 0 aromatic carbocycles. The first-order valence-electron chi connectivity index (χ1n) is 15.9. The van der Waals surface area contributed by atoms with Gasteiger partial charge in [-0.15, -0.1) is 0 Å².